The fraction of sp³-hybridized carbons (Fsp3) is 0.500. The first-order chi connectivity index (χ1) is 9.15. The summed E-state index contributed by atoms with van der Waals surface area (Å²) in [5.41, 5.74) is 0.924. The molecule has 0 bridgehead atoms. The fourth-order valence-electron chi connectivity index (χ4n) is 2.46. The fourth-order valence-corrected chi connectivity index (χ4v) is 2.46. The van der Waals surface area contributed by atoms with E-state index in [1.165, 1.54) is 0 Å². The first kappa shape index (κ1) is 13.8. The summed E-state index contributed by atoms with van der Waals surface area (Å²) in [4.78, 5) is 12.7. The van der Waals surface area contributed by atoms with E-state index in [1.54, 1.807) is 0 Å². The van der Waals surface area contributed by atoms with Crippen molar-refractivity contribution >= 4 is 6.09 Å². The maximum Gasteiger partial charge on any atom is 0.404 e. The zero-order chi connectivity index (χ0) is 13.7. The lowest BCUT2D eigenvalue weighted by Gasteiger charge is -2.33. The molecule has 0 spiro atoms. The lowest BCUT2D eigenvalue weighted by molar-refractivity contribution is 0.0934. The molecule has 5 nitrogen and oxygen atoms in total. The van der Waals surface area contributed by atoms with Crippen molar-refractivity contribution in [2.24, 2.45) is 0 Å². The Morgan fingerprint density at radius 2 is 1.95 bits per heavy atom. The van der Waals surface area contributed by atoms with Crippen molar-refractivity contribution in [1.82, 2.24) is 10.2 Å². The Kier molecular flexibility index (Phi) is 4.76. The quantitative estimate of drug-likeness (QED) is 0.769. The molecule has 1 aliphatic heterocycles. The number of likely N-dealkylation sites (tertiary alicyclic amines) is 1. The van der Waals surface area contributed by atoms with E-state index in [9.17, 15) is 9.90 Å². The van der Waals surface area contributed by atoms with E-state index in [0.29, 0.717) is 6.54 Å². The maximum absolute atomic E-state index is 10.5. The van der Waals surface area contributed by atoms with Gasteiger partial charge in [0.05, 0.1) is 6.10 Å². The summed E-state index contributed by atoms with van der Waals surface area (Å²) in [6.07, 6.45) is 0.162. The minimum Gasteiger partial charge on any atom is -0.465 e. The predicted octanol–water partition coefficient (Wildman–Crippen LogP) is 1.45. The van der Waals surface area contributed by atoms with Gasteiger partial charge in [-0.1, -0.05) is 30.3 Å². The summed E-state index contributed by atoms with van der Waals surface area (Å²) in [5, 5.41) is 21.3. The summed E-state index contributed by atoms with van der Waals surface area (Å²) in [6.45, 7) is 2.23. The SMILES string of the molecule is O=C(O)NC1CCN(CC(O)c2ccccc2)CC1. The van der Waals surface area contributed by atoms with Crippen LogP contribution in [0.1, 0.15) is 24.5 Å². The van der Waals surface area contributed by atoms with Crippen LogP contribution in [-0.4, -0.2) is 46.9 Å². The Morgan fingerprint density at radius 3 is 2.53 bits per heavy atom. The number of hydrogen-bond donors (Lipinski definition) is 3. The van der Waals surface area contributed by atoms with Crippen LogP contribution in [0.4, 0.5) is 4.79 Å². The van der Waals surface area contributed by atoms with Crippen molar-refractivity contribution < 1.29 is 15.0 Å². The molecule has 5 heteroatoms. The summed E-state index contributed by atoms with van der Waals surface area (Å²) in [7, 11) is 0. The van der Waals surface area contributed by atoms with Gasteiger partial charge >= 0.3 is 6.09 Å². The highest BCUT2D eigenvalue weighted by Gasteiger charge is 2.22. The summed E-state index contributed by atoms with van der Waals surface area (Å²) >= 11 is 0. The van der Waals surface area contributed by atoms with Gasteiger partial charge in [-0.15, -0.1) is 0 Å². The highest BCUT2D eigenvalue weighted by Crippen LogP contribution is 2.17. The van der Waals surface area contributed by atoms with Crippen molar-refractivity contribution in [1.29, 1.82) is 0 Å². The third-order valence-corrected chi connectivity index (χ3v) is 3.53. The number of carboxylic acid groups (broad SMARTS) is 1. The number of amides is 1. The maximum atomic E-state index is 10.5. The van der Waals surface area contributed by atoms with Crippen LogP contribution < -0.4 is 5.32 Å². The van der Waals surface area contributed by atoms with E-state index >= 15 is 0 Å². The van der Waals surface area contributed by atoms with Gasteiger partial charge in [-0.2, -0.15) is 0 Å². The molecular weight excluding hydrogens is 244 g/mol. The van der Waals surface area contributed by atoms with Crippen LogP contribution in [0.3, 0.4) is 0 Å². The molecule has 1 atom stereocenters. The van der Waals surface area contributed by atoms with Gasteiger partial charge in [0.15, 0.2) is 0 Å². The molecule has 1 aliphatic rings. The number of β-amino-alcohol motifs (C(OH)–C–C–N with tert-alkyl or cyclic N) is 1. The van der Waals surface area contributed by atoms with Crippen LogP contribution in [0.25, 0.3) is 0 Å². The molecule has 0 radical (unpaired) electrons. The average molecular weight is 264 g/mol. The molecule has 0 saturated carbocycles. The van der Waals surface area contributed by atoms with Crippen LogP contribution in [0.5, 0.6) is 0 Å². The molecular formula is C14H20N2O3. The molecule has 1 aromatic carbocycles. The van der Waals surface area contributed by atoms with Gasteiger partial charge in [0.1, 0.15) is 0 Å². The normalized spacial score (nSPS) is 19.0. The van der Waals surface area contributed by atoms with Gasteiger partial charge < -0.3 is 20.4 Å². The number of hydrogen-bond acceptors (Lipinski definition) is 3. The largest absolute Gasteiger partial charge is 0.465 e. The minimum absolute atomic E-state index is 0.0441. The first-order valence-electron chi connectivity index (χ1n) is 6.60. The molecule has 1 unspecified atom stereocenters. The third-order valence-electron chi connectivity index (χ3n) is 3.53. The Bertz CT molecular complexity index is 402. The molecule has 1 heterocycles. The first-order valence-corrected chi connectivity index (χ1v) is 6.60. The molecule has 0 aromatic heterocycles. The van der Waals surface area contributed by atoms with Gasteiger partial charge in [-0.25, -0.2) is 4.79 Å². The van der Waals surface area contributed by atoms with E-state index in [1.807, 2.05) is 30.3 Å². The van der Waals surface area contributed by atoms with Crippen molar-refractivity contribution in [2.45, 2.75) is 25.0 Å². The summed E-state index contributed by atoms with van der Waals surface area (Å²) in [5.74, 6) is 0. The van der Waals surface area contributed by atoms with Gasteiger partial charge in [0, 0.05) is 25.7 Å². The number of piperidine rings is 1. The second-order valence-electron chi connectivity index (χ2n) is 4.95. The number of carbonyl (C=O) groups is 1. The van der Waals surface area contributed by atoms with E-state index in [2.05, 4.69) is 10.2 Å². The van der Waals surface area contributed by atoms with E-state index in [0.717, 1.165) is 31.5 Å². The lowest BCUT2D eigenvalue weighted by Crippen LogP contribution is -2.45. The van der Waals surface area contributed by atoms with E-state index < -0.39 is 12.2 Å². The molecule has 2 rings (SSSR count). The molecule has 3 N–H and O–H groups in total. The molecule has 1 aromatic rings. The summed E-state index contributed by atoms with van der Waals surface area (Å²) < 4.78 is 0. The van der Waals surface area contributed by atoms with Crippen molar-refractivity contribution in [2.75, 3.05) is 19.6 Å². The molecule has 104 valence electrons. The monoisotopic (exact) mass is 264 g/mol. The van der Waals surface area contributed by atoms with Gasteiger partial charge in [0.25, 0.3) is 0 Å². The highest BCUT2D eigenvalue weighted by atomic mass is 16.4. The van der Waals surface area contributed by atoms with E-state index in [4.69, 9.17) is 5.11 Å². The molecule has 0 aliphatic carbocycles. The zero-order valence-electron chi connectivity index (χ0n) is 10.8. The van der Waals surface area contributed by atoms with Crippen molar-refractivity contribution in [3.8, 4) is 0 Å². The number of benzene rings is 1. The number of aliphatic hydroxyl groups is 1. The number of aliphatic hydroxyl groups excluding tert-OH is 1. The zero-order valence-corrected chi connectivity index (χ0v) is 10.8. The Balaban J connectivity index is 1.78. The van der Waals surface area contributed by atoms with Crippen LogP contribution >= 0.6 is 0 Å². The van der Waals surface area contributed by atoms with Crippen molar-refractivity contribution in [3.63, 3.8) is 0 Å². The van der Waals surface area contributed by atoms with Gasteiger partial charge in [-0.3, -0.25) is 0 Å². The molecule has 1 saturated heterocycles. The average Bonchev–Trinajstić information content (AvgIpc) is 2.41. The predicted molar refractivity (Wildman–Crippen MR) is 72.0 cm³/mol. The van der Waals surface area contributed by atoms with Crippen LogP contribution in [0, 0.1) is 0 Å². The lowest BCUT2D eigenvalue weighted by atomic mass is 10.0. The Morgan fingerprint density at radius 1 is 1.32 bits per heavy atom. The van der Waals surface area contributed by atoms with Gasteiger partial charge in [-0.05, 0) is 18.4 Å². The minimum atomic E-state index is -0.956. The van der Waals surface area contributed by atoms with Gasteiger partial charge in [0.2, 0.25) is 0 Å². The second-order valence-corrected chi connectivity index (χ2v) is 4.95. The highest BCUT2D eigenvalue weighted by molar-refractivity contribution is 5.64. The smallest absolute Gasteiger partial charge is 0.404 e. The van der Waals surface area contributed by atoms with Crippen molar-refractivity contribution in [3.05, 3.63) is 35.9 Å². The van der Waals surface area contributed by atoms with Crippen LogP contribution in [-0.2, 0) is 0 Å². The Labute approximate surface area is 112 Å². The van der Waals surface area contributed by atoms with Crippen LogP contribution in [0.15, 0.2) is 30.3 Å². The topological polar surface area (TPSA) is 72.8 Å². The number of nitrogens with one attached hydrogen (secondary N) is 1. The van der Waals surface area contributed by atoms with Crippen LogP contribution in [0.2, 0.25) is 0 Å². The van der Waals surface area contributed by atoms with E-state index in [-0.39, 0.29) is 6.04 Å². The number of rotatable bonds is 4. The molecule has 1 amide bonds. The molecule has 19 heavy (non-hydrogen) atoms. The third kappa shape index (κ3) is 4.22. The second kappa shape index (κ2) is 6.54. The molecule has 1 fully saturated rings. The number of nitrogens with zero attached hydrogens (tertiary/aromatic N) is 1. The Hall–Kier alpha value is -1.59. The standard InChI is InChI=1S/C14H20N2O3/c17-13(11-4-2-1-3-5-11)10-16-8-6-12(7-9-16)15-14(18)19/h1-5,12-13,15,17H,6-10H2,(H,18,19). The summed E-state index contributed by atoms with van der Waals surface area (Å²) in [6, 6.07) is 9.65.